The predicted molar refractivity (Wildman–Crippen MR) is 111 cm³/mol. The summed E-state index contributed by atoms with van der Waals surface area (Å²) in [6.07, 6.45) is 2.44. The highest BCUT2D eigenvalue weighted by Crippen LogP contribution is 2.24. The van der Waals surface area contributed by atoms with Crippen LogP contribution >= 0.6 is 0 Å². The Bertz CT molecular complexity index is 1100. The van der Waals surface area contributed by atoms with E-state index in [1.165, 1.54) is 14.0 Å². The molecule has 0 unspecified atom stereocenters. The molecule has 4 rings (SSSR count). The minimum Gasteiger partial charge on any atom is -0.350 e. The van der Waals surface area contributed by atoms with Crippen LogP contribution in [0.3, 0.4) is 0 Å². The lowest BCUT2D eigenvalue weighted by Gasteiger charge is -2.21. The van der Waals surface area contributed by atoms with Gasteiger partial charge >= 0.3 is 0 Å². The van der Waals surface area contributed by atoms with Crippen molar-refractivity contribution in [2.24, 2.45) is 0 Å². The summed E-state index contributed by atoms with van der Waals surface area (Å²) < 4.78 is 27.3. The summed E-state index contributed by atoms with van der Waals surface area (Å²) in [7, 11) is -0.292. The summed E-state index contributed by atoms with van der Waals surface area (Å²) >= 11 is 0. The third kappa shape index (κ3) is 3.71. The number of hydrogen-bond acceptors (Lipinski definition) is 5. The van der Waals surface area contributed by atoms with E-state index in [9.17, 15) is 8.42 Å². The van der Waals surface area contributed by atoms with E-state index in [0.29, 0.717) is 19.0 Å². The highest BCUT2D eigenvalue weighted by molar-refractivity contribution is 7.86. The van der Waals surface area contributed by atoms with Crippen molar-refractivity contribution in [1.29, 1.82) is 0 Å². The van der Waals surface area contributed by atoms with Crippen LogP contribution in [0.25, 0.3) is 22.0 Å². The van der Waals surface area contributed by atoms with Crippen LogP contribution in [0.5, 0.6) is 0 Å². The van der Waals surface area contributed by atoms with Crippen molar-refractivity contribution < 1.29 is 8.42 Å². The first-order chi connectivity index (χ1) is 13.4. The van der Waals surface area contributed by atoms with E-state index in [-0.39, 0.29) is 6.04 Å². The second kappa shape index (κ2) is 7.46. The van der Waals surface area contributed by atoms with Crippen molar-refractivity contribution in [3.63, 3.8) is 0 Å². The van der Waals surface area contributed by atoms with Gasteiger partial charge in [-0.2, -0.15) is 17.0 Å². The Balaban J connectivity index is 1.51. The highest BCUT2D eigenvalue weighted by Gasteiger charge is 2.33. The van der Waals surface area contributed by atoms with Gasteiger partial charge in [0.1, 0.15) is 0 Å². The first-order valence-corrected chi connectivity index (χ1v) is 10.6. The molecular weight excluding hydrogens is 374 g/mol. The Morgan fingerprint density at radius 1 is 1.11 bits per heavy atom. The summed E-state index contributed by atoms with van der Waals surface area (Å²) in [5.41, 5.74) is 1.85. The normalized spacial score (nSPS) is 18.0. The number of rotatable bonds is 5. The van der Waals surface area contributed by atoms with E-state index in [1.54, 1.807) is 20.3 Å². The van der Waals surface area contributed by atoms with Crippen LogP contribution in [-0.2, 0) is 10.2 Å². The fourth-order valence-electron chi connectivity index (χ4n) is 3.41. The lowest BCUT2D eigenvalue weighted by Crippen LogP contribution is -2.39. The first-order valence-electron chi connectivity index (χ1n) is 9.20. The van der Waals surface area contributed by atoms with Crippen LogP contribution in [-0.4, -0.2) is 60.2 Å². The molecule has 2 heterocycles. The SMILES string of the molecule is CN(C)S(=O)(=O)N1CC[C@H](Nc2nccc(-c3ccc4ccccc4c3)n2)C1. The molecule has 0 spiro atoms. The Morgan fingerprint density at radius 2 is 1.89 bits per heavy atom. The quantitative estimate of drug-likeness (QED) is 0.716. The van der Waals surface area contributed by atoms with Gasteiger partial charge in [-0.1, -0.05) is 36.4 Å². The van der Waals surface area contributed by atoms with Crippen LogP contribution in [0.4, 0.5) is 5.95 Å². The third-order valence-electron chi connectivity index (χ3n) is 4.97. The van der Waals surface area contributed by atoms with Crippen molar-refractivity contribution in [1.82, 2.24) is 18.6 Å². The molecule has 8 heteroatoms. The average molecular weight is 398 g/mol. The molecule has 1 fully saturated rings. The summed E-state index contributed by atoms with van der Waals surface area (Å²) in [5, 5.41) is 5.63. The molecule has 0 saturated carbocycles. The molecule has 0 amide bonds. The lowest BCUT2D eigenvalue weighted by molar-refractivity contribution is 0.420. The largest absolute Gasteiger partial charge is 0.350 e. The number of nitrogens with one attached hydrogen (secondary N) is 1. The molecule has 1 N–H and O–H groups in total. The van der Waals surface area contributed by atoms with Crippen molar-refractivity contribution in [3.05, 3.63) is 54.7 Å². The molecule has 7 nitrogen and oxygen atoms in total. The number of hydrogen-bond donors (Lipinski definition) is 1. The molecule has 0 radical (unpaired) electrons. The van der Waals surface area contributed by atoms with Gasteiger partial charge in [-0.05, 0) is 29.3 Å². The second-order valence-electron chi connectivity index (χ2n) is 7.11. The first kappa shape index (κ1) is 18.8. The van der Waals surface area contributed by atoms with Gasteiger partial charge in [0.15, 0.2) is 0 Å². The van der Waals surface area contributed by atoms with Gasteiger partial charge in [-0.3, -0.25) is 0 Å². The van der Waals surface area contributed by atoms with Crippen molar-refractivity contribution >= 4 is 26.9 Å². The Labute approximate surface area is 165 Å². The predicted octanol–water partition coefficient (Wildman–Crippen LogP) is 2.59. The van der Waals surface area contributed by atoms with Gasteiger partial charge in [0.25, 0.3) is 10.2 Å². The smallest absolute Gasteiger partial charge is 0.281 e. The van der Waals surface area contributed by atoms with E-state index >= 15 is 0 Å². The van der Waals surface area contributed by atoms with Crippen LogP contribution in [0.1, 0.15) is 6.42 Å². The van der Waals surface area contributed by atoms with Crippen LogP contribution in [0.15, 0.2) is 54.7 Å². The summed E-state index contributed by atoms with van der Waals surface area (Å²) in [6, 6.07) is 16.3. The maximum atomic E-state index is 12.3. The zero-order chi connectivity index (χ0) is 19.7. The number of fused-ring (bicyclic) bond motifs is 1. The second-order valence-corrected chi connectivity index (χ2v) is 9.25. The van der Waals surface area contributed by atoms with Crippen LogP contribution in [0.2, 0.25) is 0 Å². The molecule has 1 aliphatic rings. The van der Waals surface area contributed by atoms with Gasteiger partial charge in [-0.15, -0.1) is 0 Å². The number of anilines is 1. The monoisotopic (exact) mass is 397 g/mol. The van der Waals surface area contributed by atoms with E-state index in [4.69, 9.17) is 0 Å². The Hall–Kier alpha value is -2.55. The fourth-order valence-corrected chi connectivity index (χ4v) is 4.57. The minimum absolute atomic E-state index is 0.0124. The molecule has 1 atom stereocenters. The molecule has 146 valence electrons. The highest BCUT2D eigenvalue weighted by atomic mass is 32.2. The van der Waals surface area contributed by atoms with Gasteiger partial charge in [0.2, 0.25) is 5.95 Å². The maximum Gasteiger partial charge on any atom is 0.281 e. The van der Waals surface area contributed by atoms with Crippen molar-refractivity contribution in [3.8, 4) is 11.3 Å². The van der Waals surface area contributed by atoms with Crippen molar-refractivity contribution in [2.75, 3.05) is 32.5 Å². The summed E-state index contributed by atoms with van der Waals surface area (Å²) in [4.78, 5) is 8.95. The molecule has 3 aromatic rings. The third-order valence-corrected chi connectivity index (χ3v) is 6.88. The molecule has 1 saturated heterocycles. The topological polar surface area (TPSA) is 78.4 Å². The maximum absolute atomic E-state index is 12.3. The van der Waals surface area contributed by atoms with Crippen molar-refractivity contribution in [2.45, 2.75) is 12.5 Å². The van der Waals surface area contributed by atoms with E-state index in [0.717, 1.165) is 23.1 Å². The molecule has 1 aromatic heterocycles. The van der Waals surface area contributed by atoms with Crippen LogP contribution < -0.4 is 5.32 Å². The fraction of sp³-hybridized carbons (Fsp3) is 0.300. The van der Waals surface area contributed by atoms with Crippen LogP contribution in [0, 0.1) is 0 Å². The standard InChI is InChI=1S/C20H23N5O2S/c1-24(2)28(26,27)25-12-10-18(14-25)22-20-21-11-9-19(23-20)17-8-7-15-5-3-4-6-16(15)13-17/h3-9,11,13,18H,10,12,14H2,1-2H3,(H,21,22,23)/t18-/m0/s1. The molecule has 0 aliphatic carbocycles. The minimum atomic E-state index is -3.39. The molecule has 1 aliphatic heterocycles. The van der Waals surface area contributed by atoms with Gasteiger partial charge in [0.05, 0.1) is 5.69 Å². The van der Waals surface area contributed by atoms with E-state index in [2.05, 4.69) is 45.6 Å². The Kier molecular flexibility index (Phi) is 5.01. The number of aromatic nitrogens is 2. The van der Waals surface area contributed by atoms with E-state index < -0.39 is 10.2 Å². The molecule has 2 aromatic carbocycles. The van der Waals surface area contributed by atoms with Gasteiger partial charge in [0, 0.05) is 45.0 Å². The van der Waals surface area contributed by atoms with Gasteiger partial charge in [-0.25, -0.2) is 9.97 Å². The molecular formula is C20H23N5O2S. The molecule has 0 bridgehead atoms. The lowest BCUT2D eigenvalue weighted by atomic mass is 10.1. The average Bonchev–Trinajstić information content (AvgIpc) is 3.17. The van der Waals surface area contributed by atoms with Gasteiger partial charge < -0.3 is 5.32 Å². The number of nitrogens with zero attached hydrogens (tertiary/aromatic N) is 4. The summed E-state index contributed by atoms with van der Waals surface area (Å²) in [5.74, 6) is 0.514. The van der Waals surface area contributed by atoms with E-state index in [1.807, 2.05) is 18.2 Å². The summed E-state index contributed by atoms with van der Waals surface area (Å²) in [6.45, 7) is 0.895. The zero-order valence-corrected chi connectivity index (χ0v) is 16.7. The number of benzene rings is 2. The molecule has 28 heavy (non-hydrogen) atoms. The zero-order valence-electron chi connectivity index (χ0n) is 15.9. The Morgan fingerprint density at radius 3 is 2.68 bits per heavy atom.